The maximum absolute atomic E-state index is 11.2. The Morgan fingerprint density at radius 3 is 2.41 bits per heavy atom. The van der Waals surface area contributed by atoms with E-state index >= 15 is 0 Å². The normalized spacial score (nSPS) is 32.7. The van der Waals surface area contributed by atoms with E-state index in [0.29, 0.717) is 12.5 Å². The van der Waals surface area contributed by atoms with E-state index in [0.717, 1.165) is 38.8 Å². The van der Waals surface area contributed by atoms with Crippen molar-refractivity contribution in [3.63, 3.8) is 0 Å². The van der Waals surface area contributed by atoms with Crippen molar-refractivity contribution in [3.05, 3.63) is 0 Å². The van der Waals surface area contributed by atoms with Gasteiger partial charge in [0.25, 0.3) is 0 Å². The summed E-state index contributed by atoms with van der Waals surface area (Å²) in [4.78, 5) is 15.0. The molecule has 2 atom stereocenters. The summed E-state index contributed by atoms with van der Waals surface area (Å²) in [6.45, 7) is 4.44. The van der Waals surface area contributed by atoms with Crippen LogP contribution in [-0.2, 0) is 0 Å². The first-order valence-corrected chi connectivity index (χ1v) is 6.49. The zero-order valence-electron chi connectivity index (χ0n) is 10.4. The highest BCUT2D eigenvalue weighted by Gasteiger charge is 2.35. The van der Waals surface area contributed by atoms with E-state index in [1.165, 1.54) is 0 Å². The molecule has 98 valence electrons. The van der Waals surface area contributed by atoms with Gasteiger partial charge in [-0.3, -0.25) is 9.80 Å². The minimum absolute atomic E-state index is 0.0174. The first kappa shape index (κ1) is 12.6. The lowest BCUT2D eigenvalue weighted by Gasteiger charge is -2.45. The van der Waals surface area contributed by atoms with Crippen LogP contribution in [0.4, 0.5) is 4.79 Å². The average molecular weight is 242 g/mol. The van der Waals surface area contributed by atoms with Gasteiger partial charge >= 0.3 is 6.09 Å². The Morgan fingerprint density at radius 1 is 1.18 bits per heavy atom. The lowest BCUT2D eigenvalue weighted by molar-refractivity contribution is -0.0237. The molecule has 0 aromatic heterocycles. The first-order chi connectivity index (χ1) is 8.08. The van der Waals surface area contributed by atoms with Gasteiger partial charge in [-0.1, -0.05) is 6.92 Å². The third kappa shape index (κ3) is 2.90. The molecule has 0 saturated carbocycles. The molecule has 5 nitrogen and oxygen atoms in total. The van der Waals surface area contributed by atoms with E-state index in [9.17, 15) is 15.0 Å². The predicted molar refractivity (Wildman–Crippen MR) is 63.7 cm³/mol. The van der Waals surface area contributed by atoms with E-state index in [2.05, 4.69) is 11.8 Å². The Bertz CT molecular complexity index is 277. The molecule has 2 N–H and O–H groups in total. The summed E-state index contributed by atoms with van der Waals surface area (Å²) in [7, 11) is 0. The summed E-state index contributed by atoms with van der Waals surface area (Å²) in [5, 5.41) is 18.7. The van der Waals surface area contributed by atoms with Gasteiger partial charge in [-0.15, -0.1) is 0 Å². The number of amides is 1. The second-order valence-electron chi connectivity index (χ2n) is 5.35. The van der Waals surface area contributed by atoms with Gasteiger partial charge in [0.1, 0.15) is 0 Å². The van der Waals surface area contributed by atoms with Crippen LogP contribution >= 0.6 is 0 Å². The van der Waals surface area contributed by atoms with Crippen LogP contribution in [0.2, 0.25) is 0 Å². The molecule has 5 heteroatoms. The van der Waals surface area contributed by atoms with Gasteiger partial charge in [0.05, 0.1) is 12.3 Å². The zero-order chi connectivity index (χ0) is 12.4. The molecular weight excluding hydrogens is 220 g/mol. The van der Waals surface area contributed by atoms with E-state index in [4.69, 9.17) is 0 Å². The molecule has 1 amide bonds. The van der Waals surface area contributed by atoms with Crippen molar-refractivity contribution >= 4 is 6.09 Å². The van der Waals surface area contributed by atoms with E-state index < -0.39 is 6.09 Å². The summed E-state index contributed by atoms with van der Waals surface area (Å²) >= 11 is 0. The van der Waals surface area contributed by atoms with E-state index in [1.54, 1.807) is 4.90 Å². The maximum atomic E-state index is 11.2. The minimum atomic E-state index is -0.812. The number of aliphatic hydroxyl groups excluding tert-OH is 1. The number of hydrogen-bond donors (Lipinski definition) is 2. The van der Waals surface area contributed by atoms with Crippen molar-refractivity contribution in [2.45, 2.75) is 44.9 Å². The van der Waals surface area contributed by atoms with Gasteiger partial charge in [0.2, 0.25) is 0 Å². The number of carboxylic acid groups (broad SMARTS) is 1. The van der Waals surface area contributed by atoms with Crippen molar-refractivity contribution in [2.75, 3.05) is 19.6 Å². The van der Waals surface area contributed by atoms with Gasteiger partial charge in [0, 0.05) is 19.6 Å². The second kappa shape index (κ2) is 5.23. The Hall–Kier alpha value is -0.810. The zero-order valence-corrected chi connectivity index (χ0v) is 10.4. The van der Waals surface area contributed by atoms with Crippen molar-refractivity contribution < 1.29 is 15.0 Å². The molecule has 0 bridgehead atoms. The molecule has 0 aliphatic carbocycles. The number of aliphatic hydroxyl groups is 1. The lowest BCUT2D eigenvalue weighted by Crippen LogP contribution is -2.56. The van der Waals surface area contributed by atoms with Crippen molar-refractivity contribution in [1.82, 2.24) is 9.80 Å². The van der Waals surface area contributed by atoms with Gasteiger partial charge in [-0.2, -0.15) is 0 Å². The fraction of sp³-hybridized carbons (Fsp3) is 0.917. The predicted octanol–water partition coefficient (Wildman–Crippen LogP) is 1.18. The highest BCUT2D eigenvalue weighted by Crippen LogP contribution is 2.27. The van der Waals surface area contributed by atoms with Crippen LogP contribution in [0, 0.1) is 5.92 Å². The Morgan fingerprint density at radius 2 is 1.82 bits per heavy atom. The van der Waals surface area contributed by atoms with Crippen molar-refractivity contribution in [1.29, 1.82) is 0 Å². The van der Waals surface area contributed by atoms with Crippen molar-refractivity contribution in [2.24, 2.45) is 5.92 Å². The molecule has 2 saturated heterocycles. The molecule has 2 unspecified atom stereocenters. The van der Waals surface area contributed by atoms with Crippen LogP contribution in [-0.4, -0.2) is 58.0 Å². The average Bonchev–Trinajstić information content (AvgIpc) is 2.29. The van der Waals surface area contributed by atoms with Gasteiger partial charge < -0.3 is 10.2 Å². The van der Waals surface area contributed by atoms with Crippen LogP contribution in [0.3, 0.4) is 0 Å². The molecule has 2 fully saturated rings. The topological polar surface area (TPSA) is 64.0 Å². The first-order valence-electron chi connectivity index (χ1n) is 6.49. The Kier molecular flexibility index (Phi) is 3.89. The Balaban J connectivity index is 2.01. The number of nitrogens with zero attached hydrogens (tertiary/aromatic N) is 2. The lowest BCUT2D eigenvalue weighted by atomic mass is 9.94. The van der Waals surface area contributed by atoms with Crippen LogP contribution < -0.4 is 0 Å². The number of piperidine rings is 2. The summed E-state index contributed by atoms with van der Waals surface area (Å²) in [5.74, 6) is 0.586. The fourth-order valence-corrected chi connectivity index (χ4v) is 2.87. The summed E-state index contributed by atoms with van der Waals surface area (Å²) < 4.78 is 0. The van der Waals surface area contributed by atoms with Gasteiger partial charge in [-0.05, 0) is 31.6 Å². The number of likely N-dealkylation sites (tertiary alicyclic amines) is 2. The molecule has 0 aromatic rings. The monoisotopic (exact) mass is 242 g/mol. The van der Waals surface area contributed by atoms with Crippen LogP contribution in [0.1, 0.15) is 32.6 Å². The highest BCUT2D eigenvalue weighted by molar-refractivity contribution is 5.65. The second-order valence-corrected chi connectivity index (χ2v) is 5.35. The fourth-order valence-electron chi connectivity index (χ4n) is 2.87. The number of carbonyl (C=O) groups is 1. The smallest absolute Gasteiger partial charge is 0.408 e. The molecule has 0 aromatic carbocycles. The van der Waals surface area contributed by atoms with E-state index in [-0.39, 0.29) is 12.3 Å². The van der Waals surface area contributed by atoms with Crippen LogP contribution in [0.25, 0.3) is 0 Å². The van der Waals surface area contributed by atoms with E-state index in [1.807, 2.05) is 0 Å². The Labute approximate surface area is 102 Å². The van der Waals surface area contributed by atoms with Crippen LogP contribution in [0.5, 0.6) is 0 Å². The number of hydrogen-bond acceptors (Lipinski definition) is 3. The highest BCUT2D eigenvalue weighted by atomic mass is 16.4. The third-order valence-electron chi connectivity index (χ3n) is 4.00. The van der Waals surface area contributed by atoms with Crippen molar-refractivity contribution in [3.8, 4) is 0 Å². The largest absolute Gasteiger partial charge is 0.465 e. The van der Waals surface area contributed by atoms with Gasteiger partial charge in [0.15, 0.2) is 0 Å². The number of rotatable bonds is 1. The third-order valence-corrected chi connectivity index (χ3v) is 4.00. The molecule has 0 radical (unpaired) electrons. The quantitative estimate of drug-likeness (QED) is 0.724. The summed E-state index contributed by atoms with van der Waals surface area (Å²) in [6, 6.07) is 0. The SMILES string of the molecule is CC1CCN(C(=O)O)C(N2CCC(O)CC2)C1. The molecule has 2 aliphatic heterocycles. The molecule has 2 rings (SSSR count). The summed E-state index contributed by atoms with van der Waals surface area (Å²) in [5.41, 5.74) is 0. The molecule has 0 spiro atoms. The maximum Gasteiger partial charge on any atom is 0.408 e. The summed E-state index contributed by atoms with van der Waals surface area (Å²) in [6.07, 6.45) is 2.40. The molecule has 2 aliphatic rings. The van der Waals surface area contributed by atoms with Crippen LogP contribution in [0.15, 0.2) is 0 Å². The molecular formula is C12H22N2O3. The minimum Gasteiger partial charge on any atom is -0.465 e. The van der Waals surface area contributed by atoms with Gasteiger partial charge in [-0.25, -0.2) is 4.79 Å². The molecule has 17 heavy (non-hydrogen) atoms. The standard InChI is InChI=1S/C12H22N2O3/c1-9-2-7-14(12(16)17)11(8-9)13-5-3-10(15)4-6-13/h9-11,15H,2-8H2,1H3,(H,16,17). The molecule has 2 heterocycles.